The van der Waals surface area contributed by atoms with Crippen LogP contribution in [0.2, 0.25) is 0 Å². The second kappa shape index (κ2) is 5.93. The van der Waals surface area contributed by atoms with Gasteiger partial charge in [-0.25, -0.2) is 4.98 Å². The van der Waals surface area contributed by atoms with Gasteiger partial charge in [0.2, 0.25) is 0 Å². The van der Waals surface area contributed by atoms with E-state index in [1.807, 2.05) is 43.3 Å². The highest BCUT2D eigenvalue weighted by Gasteiger charge is 2.09. The zero-order valence-corrected chi connectivity index (χ0v) is 12.4. The summed E-state index contributed by atoms with van der Waals surface area (Å²) in [6, 6.07) is 15.2. The molecule has 0 unspecified atom stereocenters. The molecule has 0 saturated heterocycles. The Morgan fingerprint density at radius 1 is 1.14 bits per heavy atom. The number of hydrogen-bond donors (Lipinski definition) is 2. The molecule has 0 aliphatic heterocycles. The Morgan fingerprint density at radius 2 is 1.90 bits per heavy atom. The second-order valence-corrected chi connectivity index (χ2v) is 5.58. The van der Waals surface area contributed by atoms with Crippen LogP contribution in [0.25, 0.3) is 10.2 Å². The number of nitrogens with one attached hydrogen (secondary N) is 2. The van der Waals surface area contributed by atoms with Gasteiger partial charge in [0.25, 0.3) is 5.91 Å². The lowest BCUT2D eigenvalue weighted by Crippen LogP contribution is -2.11. The molecule has 1 heterocycles. The minimum absolute atomic E-state index is 0.142. The number of aromatic nitrogens is 1. The Bertz CT molecular complexity index is 732. The molecule has 1 aromatic heterocycles. The van der Waals surface area contributed by atoms with E-state index in [-0.39, 0.29) is 5.91 Å². The lowest BCUT2D eigenvalue weighted by Gasteiger charge is -2.05. The van der Waals surface area contributed by atoms with Crippen molar-refractivity contribution in [2.24, 2.45) is 0 Å². The van der Waals surface area contributed by atoms with E-state index in [2.05, 4.69) is 15.6 Å². The van der Waals surface area contributed by atoms with Crippen molar-refractivity contribution in [3.8, 4) is 0 Å². The van der Waals surface area contributed by atoms with E-state index in [4.69, 9.17) is 0 Å². The van der Waals surface area contributed by atoms with Crippen LogP contribution in [-0.4, -0.2) is 17.4 Å². The number of anilines is 2. The number of hydrogen-bond acceptors (Lipinski definition) is 4. The number of rotatable bonds is 4. The van der Waals surface area contributed by atoms with Gasteiger partial charge in [0.1, 0.15) is 0 Å². The summed E-state index contributed by atoms with van der Waals surface area (Å²) >= 11 is 1.48. The zero-order valence-electron chi connectivity index (χ0n) is 11.6. The number of para-hydroxylation sites is 1. The number of benzene rings is 2. The van der Waals surface area contributed by atoms with Crippen LogP contribution in [0, 0.1) is 0 Å². The minimum atomic E-state index is -0.142. The van der Waals surface area contributed by atoms with Gasteiger partial charge < -0.3 is 5.32 Å². The molecular weight excluding hydrogens is 282 g/mol. The van der Waals surface area contributed by atoms with Gasteiger partial charge >= 0.3 is 0 Å². The molecule has 5 heteroatoms. The van der Waals surface area contributed by atoms with E-state index in [1.54, 1.807) is 12.1 Å². The molecule has 2 aromatic carbocycles. The highest BCUT2D eigenvalue weighted by Crippen LogP contribution is 2.25. The van der Waals surface area contributed by atoms with Crippen LogP contribution in [0.15, 0.2) is 48.5 Å². The van der Waals surface area contributed by atoms with E-state index in [1.165, 1.54) is 11.3 Å². The van der Waals surface area contributed by atoms with E-state index >= 15 is 0 Å². The SMILES string of the molecule is CCNc1ccc(C(=O)Nc2nc3ccccc3s2)cc1. The maximum atomic E-state index is 12.2. The Balaban J connectivity index is 1.76. The van der Waals surface area contributed by atoms with Crippen molar-refractivity contribution in [2.75, 3.05) is 17.2 Å². The molecule has 0 fully saturated rings. The van der Waals surface area contributed by atoms with Crippen LogP contribution in [0.4, 0.5) is 10.8 Å². The van der Waals surface area contributed by atoms with Crippen LogP contribution in [0.5, 0.6) is 0 Å². The molecule has 0 saturated carbocycles. The van der Waals surface area contributed by atoms with Gasteiger partial charge in [0.15, 0.2) is 5.13 Å². The predicted octanol–water partition coefficient (Wildman–Crippen LogP) is 3.98. The lowest BCUT2D eigenvalue weighted by molar-refractivity contribution is 0.102. The third kappa shape index (κ3) is 3.03. The average molecular weight is 297 g/mol. The summed E-state index contributed by atoms with van der Waals surface area (Å²) in [5, 5.41) is 6.67. The molecule has 0 aliphatic carbocycles. The van der Waals surface area contributed by atoms with Crippen LogP contribution in [0.1, 0.15) is 17.3 Å². The first-order valence-corrected chi connectivity index (χ1v) is 7.59. The fourth-order valence-electron chi connectivity index (χ4n) is 2.04. The van der Waals surface area contributed by atoms with Crippen molar-refractivity contribution >= 4 is 38.3 Å². The highest BCUT2D eigenvalue weighted by molar-refractivity contribution is 7.22. The van der Waals surface area contributed by atoms with Crippen LogP contribution >= 0.6 is 11.3 Å². The van der Waals surface area contributed by atoms with Gasteiger partial charge in [-0.2, -0.15) is 0 Å². The van der Waals surface area contributed by atoms with E-state index in [0.29, 0.717) is 10.7 Å². The normalized spacial score (nSPS) is 10.5. The summed E-state index contributed by atoms with van der Waals surface area (Å²) < 4.78 is 1.07. The molecule has 0 bridgehead atoms. The van der Waals surface area contributed by atoms with Gasteiger partial charge in [0.05, 0.1) is 10.2 Å². The molecular formula is C16H15N3OS. The van der Waals surface area contributed by atoms with Crippen molar-refractivity contribution in [3.05, 3.63) is 54.1 Å². The van der Waals surface area contributed by atoms with E-state index in [9.17, 15) is 4.79 Å². The fourth-order valence-corrected chi connectivity index (χ4v) is 2.90. The summed E-state index contributed by atoms with van der Waals surface area (Å²) in [7, 11) is 0. The first-order valence-electron chi connectivity index (χ1n) is 6.77. The zero-order chi connectivity index (χ0) is 14.7. The molecule has 1 amide bonds. The molecule has 106 valence electrons. The number of thiazole rings is 1. The second-order valence-electron chi connectivity index (χ2n) is 4.55. The fraction of sp³-hybridized carbons (Fsp3) is 0.125. The molecule has 0 spiro atoms. The van der Waals surface area contributed by atoms with Crippen molar-refractivity contribution in [1.29, 1.82) is 0 Å². The summed E-state index contributed by atoms with van der Waals surface area (Å²) in [4.78, 5) is 16.6. The largest absolute Gasteiger partial charge is 0.385 e. The van der Waals surface area contributed by atoms with Crippen LogP contribution in [0.3, 0.4) is 0 Å². The minimum Gasteiger partial charge on any atom is -0.385 e. The number of carbonyl (C=O) groups is 1. The number of nitrogens with zero attached hydrogens (tertiary/aromatic N) is 1. The number of fused-ring (bicyclic) bond motifs is 1. The molecule has 21 heavy (non-hydrogen) atoms. The standard InChI is InChI=1S/C16H15N3OS/c1-2-17-12-9-7-11(8-10-12)15(20)19-16-18-13-5-3-4-6-14(13)21-16/h3-10,17H,2H2,1H3,(H,18,19,20). The Kier molecular flexibility index (Phi) is 3.83. The molecule has 3 rings (SSSR count). The molecule has 0 aliphatic rings. The van der Waals surface area contributed by atoms with Gasteiger partial charge in [-0.05, 0) is 43.3 Å². The summed E-state index contributed by atoms with van der Waals surface area (Å²) in [6.07, 6.45) is 0. The first kappa shape index (κ1) is 13.6. The van der Waals surface area contributed by atoms with Crippen LogP contribution in [-0.2, 0) is 0 Å². The maximum Gasteiger partial charge on any atom is 0.257 e. The first-order chi connectivity index (χ1) is 10.3. The highest BCUT2D eigenvalue weighted by atomic mass is 32.1. The average Bonchev–Trinajstić information content (AvgIpc) is 2.90. The summed E-state index contributed by atoms with van der Waals surface area (Å²) in [5.74, 6) is -0.142. The van der Waals surface area contributed by atoms with E-state index < -0.39 is 0 Å². The van der Waals surface area contributed by atoms with Crippen molar-refractivity contribution in [3.63, 3.8) is 0 Å². The Labute approximate surface area is 126 Å². The quantitative estimate of drug-likeness (QED) is 0.766. The third-order valence-corrected chi connectivity index (χ3v) is 3.99. The Morgan fingerprint density at radius 3 is 2.62 bits per heavy atom. The smallest absolute Gasteiger partial charge is 0.257 e. The molecule has 0 atom stereocenters. The number of carbonyl (C=O) groups excluding carboxylic acids is 1. The topological polar surface area (TPSA) is 54.0 Å². The van der Waals surface area contributed by atoms with Crippen molar-refractivity contribution < 1.29 is 4.79 Å². The van der Waals surface area contributed by atoms with Gasteiger partial charge in [0, 0.05) is 17.8 Å². The third-order valence-electron chi connectivity index (χ3n) is 3.04. The maximum absolute atomic E-state index is 12.2. The van der Waals surface area contributed by atoms with E-state index in [0.717, 1.165) is 22.4 Å². The van der Waals surface area contributed by atoms with Crippen molar-refractivity contribution in [1.82, 2.24) is 4.98 Å². The number of amides is 1. The predicted molar refractivity (Wildman–Crippen MR) is 88.2 cm³/mol. The summed E-state index contributed by atoms with van der Waals surface area (Å²) in [6.45, 7) is 2.89. The van der Waals surface area contributed by atoms with Gasteiger partial charge in [-0.3, -0.25) is 10.1 Å². The van der Waals surface area contributed by atoms with Crippen molar-refractivity contribution in [2.45, 2.75) is 6.92 Å². The Hall–Kier alpha value is -2.40. The van der Waals surface area contributed by atoms with Gasteiger partial charge in [-0.1, -0.05) is 23.5 Å². The molecule has 3 aromatic rings. The molecule has 2 N–H and O–H groups in total. The molecule has 0 radical (unpaired) electrons. The monoisotopic (exact) mass is 297 g/mol. The molecule has 4 nitrogen and oxygen atoms in total. The lowest BCUT2D eigenvalue weighted by atomic mass is 10.2. The summed E-state index contributed by atoms with van der Waals surface area (Å²) in [5.41, 5.74) is 2.53. The van der Waals surface area contributed by atoms with Crippen LogP contribution < -0.4 is 10.6 Å². The van der Waals surface area contributed by atoms with Gasteiger partial charge in [-0.15, -0.1) is 0 Å².